The molecule has 0 radical (unpaired) electrons. The molecule has 0 amide bonds. The SMILES string of the molecule is N#CCC(O)c1n[nH]c2c1CCCC2. The van der Waals surface area contributed by atoms with E-state index in [2.05, 4.69) is 10.2 Å². The Hall–Kier alpha value is -1.34. The van der Waals surface area contributed by atoms with Gasteiger partial charge in [0.2, 0.25) is 0 Å². The molecule has 0 saturated heterocycles. The molecule has 0 aromatic carbocycles. The number of fused-ring (bicyclic) bond motifs is 1. The van der Waals surface area contributed by atoms with E-state index in [0.717, 1.165) is 30.5 Å². The summed E-state index contributed by atoms with van der Waals surface area (Å²) in [6, 6.07) is 1.96. The standard InChI is InChI=1S/C10H13N3O/c11-6-5-9(14)10-7-3-1-2-4-8(7)12-13-10/h9,14H,1-5H2,(H,12,13). The Bertz CT molecular complexity index is 364. The van der Waals surface area contributed by atoms with Gasteiger partial charge in [-0.1, -0.05) is 0 Å². The Morgan fingerprint density at radius 1 is 1.50 bits per heavy atom. The zero-order valence-corrected chi connectivity index (χ0v) is 7.95. The minimum atomic E-state index is -0.724. The lowest BCUT2D eigenvalue weighted by molar-refractivity contribution is 0.177. The van der Waals surface area contributed by atoms with Crippen LogP contribution in [0.4, 0.5) is 0 Å². The van der Waals surface area contributed by atoms with Crippen molar-refractivity contribution in [3.05, 3.63) is 17.0 Å². The van der Waals surface area contributed by atoms with Gasteiger partial charge in [0.05, 0.1) is 18.2 Å². The molecule has 0 bridgehead atoms. The van der Waals surface area contributed by atoms with E-state index >= 15 is 0 Å². The van der Waals surface area contributed by atoms with Crippen LogP contribution in [0.25, 0.3) is 0 Å². The summed E-state index contributed by atoms with van der Waals surface area (Å²) in [6.07, 6.45) is 3.72. The minimum absolute atomic E-state index is 0.122. The average molecular weight is 191 g/mol. The van der Waals surface area contributed by atoms with Crippen molar-refractivity contribution in [3.63, 3.8) is 0 Å². The fourth-order valence-electron chi connectivity index (χ4n) is 1.97. The quantitative estimate of drug-likeness (QED) is 0.738. The fraction of sp³-hybridized carbons (Fsp3) is 0.600. The van der Waals surface area contributed by atoms with Crippen molar-refractivity contribution >= 4 is 0 Å². The molecular weight excluding hydrogens is 178 g/mol. The number of aryl methyl sites for hydroxylation is 1. The van der Waals surface area contributed by atoms with Gasteiger partial charge in [-0.25, -0.2) is 0 Å². The second-order valence-corrected chi connectivity index (χ2v) is 3.65. The molecule has 1 unspecified atom stereocenters. The van der Waals surface area contributed by atoms with Gasteiger partial charge < -0.3 is 5.11 Å². The molecule has 1 atom stereocenters. The van der Waals surface area contributed by atoms with E-state index in [-0.39, 0.29) is 6.42 Å². The summed E-state index contributed by atoms with van der Waals surface area (Å²) in [7, 11) is 0. The molecule has 1 aliphatic rings. The summed E-state index contributed by atoms with van der Waals surface area (Å²) < 4.78 is 0. The van der Waals surface area contributed by atoms with Gasteiger partial charge in [-0.05, 0) is 31.2 Å². The molecule has 4 nitrogen and oxygen atoms in total. The van der Waals surface area contributed by atoms with Gasteiger partial charge in [0, 0.05) is 5.69 Å². The van der Waals surface area contributed by atoms with Crippen molar-refractivity contribution in [2.24, 2.45) is 0 Å². The fourth-order valence-corrected chi connectivity index (χ4v) is 1.97. The molecule has 74 valence electrons. The molecule has 1 aromatic rings. The summed E-state index contributed by atoms with van der Waals surface area (Å²) in [5, 5.41) is 25.2. The number of aliphatic hydroxyl groups is 1. The number of aliphatic hydroxyl groups excluding tert-OH is 1. The van der Waals surface area contributed by atoms with Crippen LogP contribution in [0, 0.1) is 11.3 Å². The number of aromatic amines is 1. The van der Waals surface area contributed by atoms with E-state index in [1.165, 1.54) is 6.42 Å². The van der Waals surface area contributed by atoms with Gasteiger partial charge in [0.15, 0.2) is 0 Å². The van der Waals surface area contributed by atoms with Crippen LogP contribution in [0.5, 0.6) is 0 Å². The summed E-state index contributed by atoms with van der Waals surface area (Å²) in [6.45, 7) is 0. The van der Waals surface area contributed by atoms with Crippen LogP contribution in [-0.2, 0) is 12.8 Å². The molecule has 1 aliphatic carbocycles. The van der Waals surface area contributed by atoms with Crippen LogP contribution in [-0.4, -0.2) is 15.3 Å². The summed E-state index contributed by atoms with van der Waals surface area (Å²) >= 11 is 0. The molecule has 0 aliphatic heterocycles. The normalized spacial score (nSPS) is 17.1. The van der Waals surface area contributed by atoms with Gasteiger partial charge in [0.25, 0.3) is 0 Å². The smallest absolute Gasteiger partial charge is 0.111 e. The second-order valence-electron chi connectivity index (χ2n) is 3.65. The van der Waals surface area contributed by atoms with Crippen molar-refractivity contribution < 1.29 is 5.11 Å². The Balaban J connectivity index is 2.26. The topological polar surface area (TPSA) is 72.7 Å². The molecule has 0 fully saturated rings. The van der Waals surface area contributed by atoms with Crippen molar-refractivity contribution in [1.82, 2.24) is 10.2 Å². The molecule has 2 rings (SSSR count). The van der Waals surface area contributed by atoms with Gasteiger partial charge in [0.1, 0.15) is 6.10 Å². The van der Waals surface area contributed by atoms with E-state index in [1.807, 2.05) is 6.07 Å². The first-order chi connectivity index (χ1) is 6.83. The van der Waals surface area contributed by atoms with Crippen molar-refractivity contribution in [3.8, 4) is 6.07 Å². The first-order valence-electron chi connectivity index (χ1n) is 4.94. The number of H-pyrrole nitrogens is 1. The second kappa shape index (κ2) is 3.81. The van der Waals surface area contributed by atoms with E-state index in [1.54, 1.807) is 0 Å². The molecule has 0 spiro atoms. The number of nitrogens with one attached hydrogen (secondary N) is 1. The predicted octanol–water partition coefficient (Wildman–Crippen LogP) is 1.24. The zero-order valence-electron chi connectivity index (χ0n) is 7.95. The van der Waals surface area contributed by atoms with E-state index in [0.29, 0.717) is 5.69 Å². The van der Waals surface area contributed by atoms with Crippen LogP contribution in [0.1, 0.15) is 42.3 Å². The lowest BCUT2D eigenvalue weighted by Gasteiger charge is -2.12. The van der Waals surface area contributed by atoms with E-state index in [9.17, 15) is 5.11 Å². The molecule has 14 heavy (non-hydrogen) atoms. The maximum absolute atomic E-state index is 9.66. The summed E-state index contributed by atoms with van der Waals surface area (Å²) in [5.74, 6) is 0. The van der Waals surface area contributed by atoms with Crippen LogP contribution < -0.4 is 0 Å². The van der Waals surface area contributed by atoms with Crippen molar-refractivity contribution in [2.45, 2.75) is 38.2 Å². The highest BCUT2D eigenvalue weighted by atomic mass is 16.3. The lowest BCUT2D eigenvalue weighted by atomic mass is 9.94. The molecule has 1 heterocycles. The van der Waals surface area contributed by atoms with Crippen LogP contribution in [0.15, 0.2) is 0 Å². The average Bonchev–Trinajstić information content (AvgIpc) is 2.61. The Kier molecular flexibility index (Phi) is 2.51. The summed E-state index contributed by atoms with van der Waals surface area (Å²) in [4.78, 5) is 0. The third kappa shape index (κ3) is 1.51. The van der Waals surface area contributed by atoms with Gasteiger partial charge in [-0.3, -0.25) is 5.10 Å². The molecule has 0 saturated carbocycles. The monoisotopic (exact) mass is 191 g/mol. The van der Waals surface area contributed by atoms with E-state index in [4.69, 9.17) is 5.26 Å². The van der Waals surface area contributed by atoms with Gasteiger partial charge in [-0.15, -0.1) is 0 Å². The maximum atomic E-state index is 9.66. The largest absolute Gasteiger partial charge is 0.386 e. The van der Waals surface area contributed by atoms with Crippen molar-refractivity contribution in [2.75, 3.05) is 0 Å². The van der Waals surface area contributed by atoms with Gasteiger partial charge in [-0.2, -0.15) is 10.4 Å². The molecular formula is C10H13N3O. The highest BCUT2D eigenvalue weighted by Crippen LogP contribution is 2.27. The number of nitrogens with zero attached hydrogens (tertiary/aromatic N) is 2. The summed E-state index contributed by atoms with van der Waals surface area (Å²) in [5.41, 5.74) is 2.96. The maximum Gasteiger partial charge on any atom is 0.111 e. The highest BCUT2D eigenvalue weighted by Gasteiger charge is 2.21. The number of hydrogen-bond donors (Lipinski definition) is 2. The number of hydrogen-bond acceptors (Lipinski definition) is 3. The third-order valence-electron chi connectivity index (χ3n) is 2.69. The Morgan fingerprint density at radius 2 is 2.29 bits per heavy atom. The van der Waals surface area contributed by atoms with Crippen LogP contribution in [0.2, 0.25) is 0 Å². The molecule has 1 aromatic heterocycles. The van der Waals surface area contributed by atoms with Gasteiger partial charge >= 0.3 is 0 Å². The highest BCUT2D eigenvalue weighted by molar-refractivity contribution is 5.29. The number of aromatic nitrogens is 2. The zero-order chi connectivity index (χ0) is 9.97. The van der Waals surface area contributed by atoms with Crippen LogP contribution >= 0.6 is 0 Å². The lowest BCUT2D eigenvalue weighted by Crippen LogP contribution is -2.05. The molecule has 4 heteroatoms. The predicted molar refractivity (Wildman–Crippen MR) is 50.4 cm³/mol. The van der Waals surface area contributed by atoms with E-state index < -0.39 is 6.10 Å². The third-order valence-corrected chi connectivity index (χ3v) is 2.69. The van der Waals surface area contributed by atoms with Crippen molar-refractivity contribution in [1.29, 1.82) is 5.26 Å². The first kappa shape index (κ1) is 9.22. The Labute approximate surface area is 82.6 Å². The number of rotatable bonds is 2. The van der Waals surface area contributed by atoms with Crippen LogP contribution in [0.3, 0.4) is 0 Å². The number of nitriles is 1. The Morgan fingerprint density at radius 3 is 3.07 bits per heavy atom. The first-order valence-corrected chi connectivity index (χ1v) is 4.94. The molecule has 2 N–H and O–H groups in total. The minimum Gasteiger partial charge on any atom is -0.386 e.